The molecule has 1 amide bonds. The Labute approximate surface area is 174 Å². The zero-order valence-electron chi connectivity index (χ0n) is 16.8. The average molecular weight is 426 g/mol. The van der Waals surface area contributed by atoms with Crippen molar-refractivity contribution in [3.8, 4) is 5.69 Å². The molecule has 9 heteroatoms. The number of anilines is 1. The van der Waals surface area contributed by atoms with Gasteiger partial charge in [-0.25, -0.2) is 8.42 Å². The summed E-state index contributed by atoms with van der Waals surface area (Å²) in [5.41, 5.74) is 0.641. The van der Waals surface area contributed by atoms with Crippen molar-refractivity contribution in [2.45, 2.75) is 24.8 Å². The van der Waals surface area contributed by atoms with Gasteiger partial charge in [0.25, 0.3) is 11.5 Å². The molecule has 0 spiro atoms. The SMILES string of the molecule is CC(C)N(C)S(=O)(=O)c1ccc(NC(=O)c2ccc(=O)n(-c3ccccc3)n2)cc1. The summed E-state index contributed by atoms with van der Waals surface area (Å²) in [6.45, 7) is 3.57. The van der Waals surface area contributed by atoms with Gasteiger partial charge in [0.15, 0.2) is 0 Å². The molecule has 156 valence electrons. The van der Waals surface area contributed by atoms with E-state index in [4.69, 9.17) is 0 Å². The minimum Gasteiger partial charge on any atom is -0.321 e. The highest BCUT2D eigenvalue weighted by atomic mass is 32.2. The lowest BCUT2D eigenvalue weighted by molar-refractivity contribution is 0.102. The maximum Gasteiger partial charge on any atom is 0.276 e. The minimum atomic E-state index is -3.61. The van der Waals surface area contributed by atoms with Crippen LogP contribution in [0.3, 0.4) is 0 Å². The topological polar surface area (TPSA) is 101 Å². The first-order chi connectivity index (χ1) is 14.2. The summed E-state index contributed by atoms with van der Waals surface area (Å²) in [6.07, 6.45) is 0. The Morgan fingerprint density at radius 3 is 2.23 bits per heavy atom. The molecule has 3 aromatic rings. The zero-order valence-corrected chi connectivity index (χ0v) is 17.6. The maximum atomic E-state index is 12.6. The highest BCUT2D eigenvalue weighted by molar-refractivity contribution is 7.89. The Morgan fingerprint density at radius 2 is 1.63 bits per heavy atom. The van der Waals surface area contributed by atoms with Crippen LogP contribution in [0.2, 0.25) is 0 Å². The van der Waals surface area contributed by atoms with Crippen LogP contribution in [-0.4, -0.2) is 41.5 Å². The van der Waals surface area contributed by atoms with Crippen LogP contribution < -0.4 is 10.9 Å². The van der Waals surface area contributed by atoms with Crippen molar-refractivity contribution in [3.05, 3.63) is 82.8 Å². The third kappa shape index (κ3) is 4.47. The molecule has 1 aromatic heterocycles. The summed E-state index contributed by atoms with van der Waals surface area (Å²) in [5.74, 6) is -0.519. The van der Waals surface area contributed by atoms with E-state index in [1.165, 1.54) is 47.8 Å². The van der Waals surface area contributed by atoms with Gasteiger partial charge in [0.1, 0.15) is 5.69 Å². The number of carbonyl (C=O) groups is 1. The first kappa shape index (κ1) is 21.4. The number of hydrogen-bond donors (Lipinski definition) is 1. The van der Waals surface area contributed by atoms with Crippen molar-refractivity contribution in [1.82, 2.24) is 14.1 Å². The Bertz CT molecular complexity index is 1200. The standard InChI is InChI=1S/C21H22N4O4S/c1-15(2)24(3)30(28,29)18-11-9-16(10-12-18)22-21(27)19-13-14-20(26)25(23-19)17-7-5-4-6-8-17/h4-15H,1-3H3,(H,22,27). The van der Waals surface area contributed by atoms with Crippen LogP contribution in [0.1, 0.15) is 24.3 Å². The second-order valence-corrected chi connectivity index (χ2v) is 8.90. The Hall–Kier alpha value is -3.30. The number of hydrogen-bond acceptors (Lipinski definition) is 5. The summed E-state index contributed by atoms with van der Waals surface area (Å²) in [4.78, 5) is 24.8. The quantitative estimate of drug-likeness (QED) is 0.653. The fourth-order valence-corrected chi connectivity index (χ4v) is 4.00. The number of benzene rings is 2. The molecule has 30 heavy (non-hydrogen) atoms. The number of rotatable bonds is 6. The molecule has 0 bridgehead atoms. The van der Waals surface area contributed by atoms with E-state index in [-0.39, 0.29) is 22.2 Å². The molecule has 1 N–H and O–H groups in total. The number of nitrogens with one attached hydrogen (secondary N) is 1. The van der Waals surface area contributed by atoms with Gasteiger partial charge in [-0.2, -0.15) is 14.1 Å². The van der Waals surface area contributed by atoms with Crippen molar-refractivity contribution >= 4 is 21.6 Å². The number of carbonyl (C=O) groups excluding carboxylic acids is 1. The van der Waals surface area contributed by atoms with Gasteiger partial charge in [-0.3, -0.25) is 9.59 Å². The Morgan fingerprint density at radius 1 is 1.00 bits per heavy atom. The molecule has 0 unspecified atom stereocenters. The molecular weight excluding hydrogens is 404 g/mol. The predicted octanol–water partition coefficient (Wildman–Crippen LogP) is 2.51. The minimum absolute atomic E-state index is 0.0506. The van der Waals surface area contributed by atoms with Crippen LogP contribution in [0.4, 0.5) is 5.69 Å². The summed E-state index contributed by atoms with van der Waals surface area (Å²) in [6, 6.07) is 17.1. The van der Waals surface area contributed by atoms with Crippen molar-refractivity contribution < 1.29 is 13.2 Å². The third-order valence-corrected chi connectivity index (χ3v) is 6.60. The summed E-state index contributed by atoms with van der Waals surface area (Å²) in [5, 5.41) is 6.79. The molecule has 0 fully saturated rings. The lowest BCUT2D eigenvalue weighted by Gasteiger charge is -2.21. The lowest BCUT2D eigenvalue weighted by Crippen LogP contribution is -2.33. The largest absolute Gasteiger partial charge is 0.321 e. The van der Waals surface area contributed by atoms with Crippen molar-refractivity contribution in [2.75, 3.05) is 12.4 Å². The molecule has 3 rings (SSSR count). The van der Waals surface area contributed by atoms with E-state index in [0.717, 1.165) is 4.68 Å². The monoisotopic (exact) mass is 426 g/mol. The maximum absolute atomic E-state index is 12.6. The zero-order chi connectivity index (χ0) is 21.9. The van der Waals surface area contributed by atoms with E-state index < -0.39 is 15.9 Å². The van der Waals surface area contributed by atoms with Gasteiger partial charge >= 0.3 is 0 Å². The second-order valence-electron chi connectivity index (χ2n) is 6.90. The van der Waals surface area contributed by atoms with Gasteiger partial charge in [-0.15, -0.1) is 0 Å². The second kappa shape index (κ2) is 8.60. The van der Waals surface area contributed by atoms with E-state index in [2.05, 4.69) is 10.4 Å². The highest BCUT2D eigenvalue weighted by Gasteiger charge is 2.23. The van der Waals surface area contributed by atoms with Crippen LogP contribution >= 0.6 is 0 Å². The molecule has 0 aliphatic heterocycles. The number of nitrogens with zero attached hydrogens (tertiary/aromatic N) is 3. The van der Waals surface area contributed by atoms with E-state index in [1.807, 2.05) is 6.07 Å². The van der Waals surface area contributed by atoms with E-state index >= 15 is 0 Å². The molecular formula is C21H22N4O4S. The van der Waals surface area contributed by atoms with Gasteiger partial charge in [-0.1, -0.05) is 18.2 Å². The molecule has 0 aliphatic carbocycles. The third-order valence-electron chi connectivity index (χ3n) is 4.55. The molecule has 2 aromatic carbocycles. The van der Waals surface area contributed by atoms with Crippen molar-refractivity contribution in [2.24, 2.45) is 0 Å². The summed E-state index contributed by atoms with van der Waals surface area (Å²) < 4.78 is 27.5. The Kier molecular flexibility index (Phi) is 6.14. The normalized spacial score (nSPS) is 11.6. The van der Waals surface area contributed by atoms with E-state index in [1.54, 1.807) is 38.1 Å². The highest BCUT2D eigenvalue weighted by Crippen LogP contribution is 2.19. The summed E-state index contributed by atoms with van der Waals surface area (Å²) in [7, 11) is -2.09. The number of para-hydroxylation sites is 1. The summed E-state index contributed by atoms with van der Waals surface area (Å²) >= 11 is 0. The molecule has 0 saturated carbocycles. The van der Waals surface area contributed by atoms with Gasteiger partial charge in [-0.05, 0) is 56.3 Å². The molecule has 8 nitrogen and oxygen atoms in total. The van der Waals surface area contributed by atoms with E-state index in [0.29, 0.717) is 11.4 Å². The van der Waals surface area contributed by atoms with Crippen LogP contribution in [0, 0.1) is 0 Å². The Balaban J connectivity index is 1.81. The smallest absolute Gasteiger partial charge is 0.276 e. The van der Waals surface area contributed by atoms with Crippen LogP contribution in [0.25, 0.3) is 5.69 Å². The van der Waals surface area contributed by atoms with Crippen molar-refractivity contribution in [3.63, 3.8) is 0 Å². The van der Waals surface area contributed by atoms with Crippen LogP contribution in [0.5, 0.6) is 0 Å². The molecule has 0 aliphatic rings. The fourth-order valence-electron chi connectivity index (χ4n) is 2.64. The van der Waals surface area contributed by atoms with E-state index in [9.17, 15) is 18.0 Å². The van der Waals surface area contributed by atoms with Crippen molar-refractivity contribution in [1.29, 1.82) is 0 Å². The number of aromatic nitrogens is 2. The number of amides is 1. The van der Waals surface area contributed by atoms with Gasteiger partial charge in [0, 0.05) is 24.8 Å². The predicted molar refractivity (Wildman–Crippen MR) is 114 cm³/mol. The first-order valence-electron chi connectivity index (χ1n) is 9.25. The van der Waals surface area contributed by atoms with Crippen LogP contribution in [0.15, 0.2) is 76.4 Å². The fraction of sp³-hybridized carbons (Fsp3) is 0.190. The van der Waals surface area contributed by atoms with Gasteiger partial charge in [0.2, 0.25) is 10.0 Å². The van der Waals surface area contributed by atoms with Gasteiger partial charge in [0.05, 0.1) is 10.6 Å². The lowest BCUT2D eigenvalue weighted by atomic mass is 10.3. The molecule has 0 radical (unpaired) electrons. The molecule has 1 heterocycles. The molecule has 0 atom stereocenters. The van der Waals surface area contributed by atoms with Gasteiger partial charge < -0.3 is 5.32 Å². The first-order valence-corrected chi connectivity index (χ1v) is 10.7. The number of sulfonamides is 1. The average Bonchev–Trinajstić information content (AvgIpc) is 2.74. The van der Waals surface area contributed by atoms with Crippen LogP contribution in [-0.2, 0) is 10.0 Å². The molecule has 0 saturated heterocycles.